The molecule has 10 rings (SSSR count). The van der Waals surface area contributed by atoms with E-state index in [0.29, 0.717) is 15.8 Å². The number of halogens is 5. The molecule has 4 heterocycles. The highest BCUT2D eigenvalue weighted by Crippen LogP contribution is 2.49. The summed E-state index contributed by atoms with van der Waals surface area (Å²) in [5, 5.41) is 25.6. The maximum Gasteiger partial charge on any atom is 0.423 e. The number of hydrogen-bond acceptors (Lipinski definition) is 24. The van der Waals surface area contributed by atoms with E-state index in [-0.39, 0.29) is 99.8 Å². The molecule has 99 heavy (non-hydrogen) atoms. The zero-order chi connectivity index (χ0) is 72.5. The number of carbonyl (C=O) groups excluding carboxylic acids is 4. The minimum absolute atomic E-state index is 0.00197. The van der Waals surface area contributed by atoms with E-state index in [1.807, 2.05) is 12.1 Å². The zero-order valence-corrected chi connectivity index (χ0v) is 60.3. The number of aromatic nitrogens is 4. The molecule has 2 aliphatic carbocycles. The summed E-state index contributed by atoms with van der Waals surface area (Å²) in [6.07, 6.45) is 5.37. The van der Waals surface area contributed by atoms with Crippen molar-refractivity contribution in [3.63, 3.8) is 0 Å². The van der Waals surface area contributed by atoms with Gasteiger partial charge in [0.25, 0.3) is 11.4 Å². The van der Waals surface area contributed by atoms with Crippen molar-refractivity contribution >= 4 is 145 Å². The van der Waals surface area contributed by atoms with E-state index < -0.39 is 45.3 Å². The topological polar surface area (TPSA) is 325 Å². The Kier molecular flexibility index (Phi) is 24.8. The molecule has 0 radical (unpaired) electrons. The van der Waals surface area contributed by atoms with Gasteiger partial charge in [0, 0.05) is 126 Å². The molecule has 0 bridgehead atoms. The van der Waals surface area contributed by atoms with Crippen LogP contribution in [0.1, 0.15) is 67.2 Å². The SMILES string of the molecule is COc1cc(OC)c(Cl)c(N(C(=O)OC(C)(C)C)C(=O)N(C)c2cc(Cl)ncn2)c1Cl.COc1cc(OC)c(Cl)c(N(C(=O)OC(C)(C)C)C(=O)N(C)c2cc(Nc3ccc(N4CCN(C5CC5)CC4)cc3[N+](=O)[O-])ncn2)c1Cl.Nc1ccc(N2CCN(C3CC3)CC2)cc1[N+](=O)[O-]. The number of nitrogens with one attached hydrogen (secondary N) is 1. The van der Waals surface area contributed by atoms with Gasteiger partial charge in [-0.3, -0.25) is 39.8 Å². The molecule has 4 aromatic carbocycles. The Labute approximate surface area is 596 Å². The van der Waals surface area contributed by atoms with E-state index in [4.69, 9.17) is 92.2 Å². The lowest BCUT2D eigenvalue weighted by atomic mass is 10.2. The number of imide groups is 2. The molecule has 0 unspecified atom stereocenters. The molecular weight excluding hydrogens is 1390 g/mol. The minimum Gasteiger partial charge on any atom is -0.495 e. The number of nitrogens with zero attached hydrogens (tertiary/aromatic N) is 14. The van der Waals surface area contributed by atoms with E-state index in [2.05, 4.69) is 44.9 Å². The van der Waals surface area contributed by atoms with Crippen LogP contribution in [0.15, 0.2) is 73.3 Å². The Morgan fingerprint density at radius 3 is 1.27 bits per heavy atom. The van der Waals surface area contributed by atoms with Crippen molar-refractivity contribution in [1.29, 1.82) is 0 Å². The summed E-state index contributed by atoms with van der Waals surface area (Å²) in [6, 6.07) is 15.3. The Morgan fingerprint density at radius 2 is 0.909 bits per heavy atom. The molecule has 532 valence electrons. The maximum absolute atomic E-state index is 14.1. The van der Waals surface area contributed by atoms with Gasteiger partial charge in [0.1, 0.15) is 112 Å². The smallest absolute Gasteiger partial charge is 0.423 e. The highest BCUT2D eigenvalue weighted by molar-refractivity contribution is 6.44. The fourth-order valence-electron chi connectivity index (χ4n) is 10.5. The third kappa shape index (κ3) is 18.9. The molecule has 2 aromatic heterocycles. The van der Waals surface area contributed by atoms with Gasteiger partial charge >= 0.3 is 24.2 Å². The van der Waals surface area contributed by atoms with Gasteiger partial charge in [-0.05, 0) is 91.5 Å². The average molecular weight is 1470 g/mol. The van der Waals surface area contributed by atoms with Gasteiger partial charge in [0.15, 0.2) is 0 Å². The highest BCUT2D eigenvalue weighted by Gasteiger charge is 2.40. The number of nitrogens with two attached hydrogens (primary N) is 1. The van der Waals surface area contributed by atoms with Crippen LogP contribution in [0.2, 0.25) is 25.2 Å². The van der Waals surface area contributed by atoms with Gasteiger partial charge < -0.3 is 49.3 Å². The monoisotopic (exact) mass is 1470 g/mol. The summed E-state index contributed by atoms with van der Waals surface area (Å²) < 4.78 is 32.1. The summed E-state index contributed by atoms with van der Waals surface area (Å²) >= 11 is 32.0. The number of nitro groups is 2. The largest absolute Gasteiger partial charge is 0.495 e. The van der Waals surface area contributed by atoms with Crippen molar-refractivity contribution in [3.05, 3.63) is 119 Å². The van der Waals surface area contributed by atoms with E-state index in [9.17, 15) is 39.4 Å². The second-order valence-corrected chi connectivity index (χ2v) is 26.8. The van der Waals surface area contributed by atoms with Gasteiger partial charge in [-0.15, -0.1) is 0 Å². The standard InChI is InChI=1S/C32H38Cl2N8O7.C19H21Cl3N4O5.C13H18N4O2/c1-32(2,3)49-31(44)41(29-27(33)23(47-5)16-24(48-6)28(29)34)30(43)38(4)26-17-25(35-18-36-26)37-21-10-9-20(15-22(21)42(45)46)40-13-11-39(12-14-40)19-7-8-19;1-19(2,3)31-18(28)26(17(27)25(4)13-8-12(20)23-9-24-13)16-14(21)10(29-5)7-11(30-6)15(16)22;14-12-4-3-11(9-13(12)17(18)19)16-7-5-15(6-8-16)10-1-2-10/h9-10,15-19H,7-8,11-14H2,1-6H3,(H,35,36,37);7-9H,1-6H3;3-4,9-10H,1-2,5-8,14H2. The summed E-state index contributed by atoms with van der Waals surface area (Å²) in [4.78, 5) is 105. The molecule has 3 N–H and O–H groups in total. The summed E-state index contributed by atoms with van der Waals surface area (Å²) in [5.74, 6) is 0.749. The number of ether oxygens (including phenoxy) is 6. The van der Waals surface area contributed by atoms with Crippen LogP contribution >= 0.6 is 58.0 Å². The third-order valence-electron chi connectivity index (χ3n) is 15.8. The normalized spacial score (nSPS) is 14.8. The van der Waals surface area contributed by atoms with Crippen LogP contribution < -0.4 is 59.4 Å². The lowest BCUT2D eigenvalue weighted by Crippen LogP contribution is -2.47. The van der Waals surface area contributed by atoms with Gasteiger partial charge in [-0.25, -0.2) is 39.1 Å². The summed E-state index contributed by atoms with van der Waals surface area (Å²) in [5.41, 5.74) is 5.23. The van der Waals surface area contributed by atoms with Crippen molar-refractivity contribution in [1.82, 2.24) is 29.7 Å². The number of methoxy groups -OCH3 is 4. The fraction of sp³-hybridized carbons (Fsp3) is 0.438. The number of amides is 6. The first kappa shape index (κ1) is 75.9. The zero-order valence-electron chi connectivity index (χ0n) is 56.5. The third-order valence-corrected chi connectivity index (χ3v) is 17.4. The Hall–Kier alpha value is -8.91. The van der Waals surface area contributed by atoms with Gasteiger partial charge in [-0.2, -0.15) is 9.80 Å². The molecular formula is C64H77Cl5N16O14. The van der Waals surface area contributed by atoms with Crippen LogP contribution in [0.3, 0.4) is 0 Å². The number of nitrogen functional groups attached to an aromatic ring is 1. The number of rotatable bonds is 16. The van der Waals surface area contributed by atoms with Gasteiger partial charge in [0.2, 0.25) is 0 Å². The minimum atomic E-state index is -1.08. The number of benzene rings is 4. The summed E-state index contributed by atoms with van der Waals surface area (Å²) in [6.45, 7) is 17.2. The number of hydrogen-bond donors (Lipinski definition) is 2. The van der Waals surface area contributed by atoms with Crippen molar-refractivity contribution in [2.24, 2.45) is 0 Å². The number of carbonyl (C=O) groups is 4. The Bertz CT molecular complexity index is 3920. The van der Waals surface area contributed by atoms with Crippen LogP contribution in [-0.2, 0) is 9.47 Å². The van der Waals surface area contributed by atoms with Crippen LogP contribution in [0.25, 0.3) is 0 Å². The number of urea groups is 2. The Balaban J connectivity index is 0.000000211. The van der Waals surface area contributed by atoms with Crippen molar-refractivity contribution < 1.29 is 57.4 Å². The van der Waals surface area contributed by atoms with E-state index >= 15 is 0 Å². The van der Waals surface area contributed by atoms with Crippen molar-refractivity contribution in [3.8, 4) is 23.0 Å². The van der Waals surface area contributed by atoms with E-state index in [1.54, 1.807) is 65.8 Å². The summed E-state index contributed by atoms with van der Waals surface area (Å²) in [7, 11) is 8.20. The van der Waals surface area contributed by atoms with Crippen molar-refractivity contribution in [2.75, 3.05) is 135 Å². The molecule has 4 fully saturated rings. The molecule has 6 amide bonds. The second kappa shape index (κ2) is 32.4. The highest BCUT2D eigenvalue weighted by atomic mass is 35.5. The molecule has 35 heteroatoms. The molecule has 30 nitrogen and oxygen atoms in total. The van der Waals surface area contributed by atoms with E-state index in [0.717, 1.165) is 79.6 Å². The van der Waals surface area contributed by atoms with Crippen LogP contribution in [0.4, 0.5) is 82.1 Å². The molecule has 6 aromatic rings. The van der Waals surface area contributed by atoms with Crippen molar-refractivity contribution in [2.45, 2.75) is 90.5 Å². The molecule has 0 spiro atoms. The number of piperazine rings is 2. The number of nitro benzene ring substituents is 2. The molecule has 2 saturated carbocycles. The predicted octanol–water partition coefficient (Wildman–Crippen LogP) is 13.6. The fourth-order valence-corrected chi connectivity index (χ4v) is 11.9. The van der Waals surface area contributed by atoms with Crippen LogP contribution in [0, 0.1) is 20.2 Å². The molecule has 0 atom stereocenters. The lowest BCUT2D eigenvalue weighted by molar-refractivity contribution is -0.384. The maximum atomic E-state index is 14.1. The van der Waals surface area contributed by atoms with Crippen LogP contribution in [-0.4, -0.2) is 182 Å². The first-order chi connectivity index (χ1) is 46.8. The Morgan fingerprint density at radius 1 is 0.535 bits per heavy atom. The predicted molar refractivity (Wildman–Crippen MR) is 381 cm³/mol. The van der Waals surface area contributed by atoms with E-state index in [1.165, 1.54) is 105 Å². The number of anilines is 9. The second-order valence-electron chi connectivity index (χ2n) is 24.9. The van der Waals surface area contributed by atoms with Gasteiger partial charge in [-0.1, -0.05) is 58.0 Å². The first-order valence-corrected chi connectivity index (χ1v) is 32.9. The molecule has 4 aliphatic rings. The van der Waals surface area contributed by atoms with Gasteiger partial charge in [0.05, 0.1) is 38.3 Å². The molecule has 2 saturated heterocycles. The first-order valence-electron chi connectivity index (χ1n) is 31.0. The average Bonchev–Trinajstić information content (AvgIpc) is 1.77. The van der Waals surface area contributed by atoms with Crippen LogP contribution in [0.5, 0.6) is 23.0 Å². The lowest BCUT2D eigenvalue weighted by Gasteiger charge is -2.36. The quantitative estimate of drug-likeness (QED) is 0.0393. The molecule has 2 aliphatic heterocycles.